The molecule has 0 saturated carbocycles. The second kappa shape index (κ2) is 14.6. The molecule has 0 bridgehead atoms. The van der Waals surface area contributed by atoms with E-state index in [-0.39, 0.29) is 81.2 Å². The van der Waals surface area contributed by atoms with Crippen LogP contribution in [0.4, 0.5) is 0 Å². The van der Waals surface area contributed by atoms with Crippen LogP contribution in [0.25, 0.3) is 0 Å². The van der Waals surface area contributed by atoms with Crippen LogP contribution in [0.5, 0.6) is 0 Å². The van der Waals surface area contributed by atoms with Crippen molar-refractivity contribution in [1.29, 1.82) is 0 Å². The Morgan fingerprint density at radius 2 is 1.45 bits per heavy atom. The Balaban J connectivity index is -0.000000252. The van der Waals surface area contributed by atoms with Gasteiger partial charge in [0.25, 0.3) is 0 Å². The Kier molecular flexibility index (Phi) is 18.7. The molecule has 0 amide bonds. The summed E-state index contributed by atoms with van der Waals surface area (Å²) in [5.74, 6) is -0.0584. The Morgan fingerprint density at radius 3 is 1.80 bits per heavy atom. The van der Waals surface area contributed by atoms with E-state index in [1.165, 1.54) is 0 Å². The van der Waals surface area contributed by atoms with Crippen LogP contribution >= 0.6 is 0 Å². The van der Waals surface area contributed by atoms with Gasteiger partial charge in [0.15, 0.2) is 0 Å². The van der Waals surface area contributed by atoms with Gasteiger partial charge < -0.3 is 43.4 Å². The van der Waals surface area contributed by atoms with Crippen molar-refractivity contribution in [2.24, 2.45) is 0 Å². The van der Waals surface area contributed by atoms with Crippen LogP contribution in [0, 0.1) is 0 Å². The minimum Gasteiger partial charge on any atom is -1.00 e. The Labute approximate surface area is 158 Å². The molecular weight excluding hydrogens is 404 g/mol. The SMILES string of the molecule is CCCC1CC(=O)O1.CCCC1CCC(=O)O1.[Br-].[Br-].[Mg+2]. The van der Waals surface area contributed by atoms with Crippen molar-refractivity contribution in [3.05, 3.63) is 0 Å². The predicted octanol–water partition coefficient (Wildman–Crippen LogP) is -3.78. The molecular formula is C13H22Br2MgO4. The first kappa shape index (κ1) is 25.6. The van der Waals surface area contributed by atoms with Gasteiger partial charge >= 0.3 is 35.0 Å². The number of hydrogen-bond donors (Lipinski definition) is 0. The van der Waals surface area contributed by atoms with Crippen molar-refractivity contribution in [3.8, 4) is 0 Å². The van der Waals surface area contributed by atoms with E-state index in [1.54, 1.807) is 0 Å². The van der Waals surface area contributed by atoms with Gasteiger partial charge in [-0.25, -0.2) is 0 Å². The topological polar surface area (TPSA) is 52.6 Å². The number of halogens is 2. The van der Waals surface area contributed by atoms with Crippen LogP contribution in [0.3, 0.4) is 0 Å². The summed E-state index contributed by atoms with van der Waals surface area (Å²) in [5, 5.41) is 0. The largest absolute Gasteiger partial charge is 2.00 e. The van der Waals surface area contributed by atoms with Crippen LogP contribution in [0.15, 0.2) is 0 Å². The molecule has 2 atom stereocenters. The van der Waals surface area contributed by atoms with E-state index in [0.29, 0.717) is 12.8 Å². The summed E-state index contributed by atoms with van der Waals surface area (Å²) in [4.78, 5) is 20.7. The first-order valence-corrected chi connectivity index (χ1v) is 6.54. The molecule has 0 N–H and O–H groups in total. The van der Waals surface area contributed by atoms with Gasteiger partial charge in [-0.1, -0.05) is 26.7 Å². The number of cyclic esters (lactones) is 2. The molecule has 0 aromatic rings. The molecule has 0 radical (unpaired) electrons. The minimum atomic E-state index is -0.0385. The summed E-state index contributed by atoms with van der Waals surface area (Å²) in [6.07, 6.45) is 6.99. The third-order valence-electron chi connectivity index (χ3n) is 2.88. The number of carbonyl (C=O) groups excluding carboxylic acids is 2. The van der Waals surface area contributed by atoms with E-state index in [4.69, 9.17) is 9.47 Å². The van der Waals surface area contributed by atoms with Gasteiger partial charge in [0.2, 0.25) is 0 Å². The molecule has 2 unspecified atom stereocenters. The summed E-state index contributed by atoms with van der Waals surface area (Å²) in [6, 6.07) is 0. The third-order valence-corrected chi connectivity index (χ3v) is 2.88. The summed E-state index contributed by atoms with van der Waals surface area (Å²) in [5.41, 5.74) is 0. The van der Waals surface area contributed by atoms with Gasteiger partial charge in [-0.15, -0.1) is 0 Å². The number of esters is 2. The van der Waals surface area contributed by atoms with Gasteiger partial charge in [-0.3, -0.25) is 9.59 Å². The minimum absolute atomic E-state index is 0. The van der Waals surface area contributed by atoms with Gasteiger partial charge in [-0.05, 0) is 19.3 Å². The van der Waals surface area contributed by atoms with Crippen molar-refractivity contribution in [1.82, 2.24) is 0 Å². The summed E-state index contributed by atoms with van der Waals surface area (Å²) < 4.78 is 9.70. The molecule has 0 spiro atoms. The smallest absolute Gasteiger partial charge is 1.00 e. The number of rotatable bonds is 4. The van der Waals surface area contributed by atoms with Crippen LogP contribution in [0.2, 0.25) is 0 Å². The van der Waals surface area contributed by atoms with Crippen LogP contribution in [-0.2, 0) is 19.1 Å². The standard InChI is InChI=1S/C7H12O2.C6H10O2.2BrH.Mg/c1-2-3-6-4-5-7(8)9-6;1-2-3-5-4-6(7)8-5;;;/h6H,2-5H2,1H3;5H,2-4H2,1H3;2*1H;/q;;;;+2/p-2. The zero-order valence-corrected chi connectivity index (χ0v) is 16.8. The molecule has 2 heterocycles. The fraction of sp³-hybridized carbons (Fsp3) is 0.846. The van der Waals surface area contributed by atoms with Crippen molar-refractivity contribution in [2.75, 3.05) is 0 Å². The molecule has 7 heteroatoms. The van der Waals surface area contributed by atoms with Gasteiger partial charge in [0.1, 0.15) is 12.2 Å². The molecule has 4 nitrogen and oxygen atoms in total. The second-order valence-electron chi connectivity index (χ2n) is 4.54. The monoisotopic (exact) mass is 424 g/mol. The Morgan fingerprint density at radius 1 is 0.950 bits per heavy atom. The summed E-state index contributed by atoms with van der Waals surface area (Å²) >= 11 is 0. The average molecular weight is 426 g/mol. The van der Waals surface area contributed by atoms with E-state index in [2.05, 4.69) is 13.8 Å². The molecule has 114 valence electrons. The van der Waals surface area contributed by atoms with E-state index in [9.17, 15) is 9.59 Å². The molecule has 0 aliphatic carbocycles. The second-order valence-corrected chi connectivity index (χ2v) is 4.54. The first-order valence-electron chi connectivity index (χ1n) is 6.54. The Hall–Kier alpha value is 0.666. The van der Waals surface area contributed by atoms with E-state index < -0.39 is 0 Å². The maximum absolute atomic E-state index is 10.5. The first-order chi connectivity index (χ1) is 8.15. The van der Waals surface area contributed by atoms with Crippen LogP contribution in [-0.4, -0.2) is 47.2 Å². The predicted molar refractivity (Wildman–Crippen MR) is 69.2 cm³/mol. The van der Waals surface area contributed by atoms with Gasteiger partial charge in [-0.2, -0.15) is 0 Å². The van der Waals surface area contributed by atoms with Gasteiger partial charge in [0.05, 0.1) is 6.42 Å². The Bertz CT molecular complexity index is 269. The molecule has 2 saturated heterocycles. The maximum atomic E-state index is 10.5. The number of ether oxygens (including phenoxy) is 2. The van der Waals surface area contributed by atoms with Crippen molar-refractivity contribution in [2.45, 2.75) is 71.0 Å². The molecule has 2 aliphatic rings. The van der Waals surface area contributed by atoms with Crippen LogP contribution in [0.1, 0.15) is 58.8 Å². The van der Waals surface area contributed by atoms with E-state index >= 15 is 0 Å². The maximum Gasteiger partial charge on any atom is 2.00 e. The van der Waals surface area contributed by atoms with E-state index in [0.717, 1.165) is 32.1 Å². The van der Waals surface area contributed by atoms with E-state index in [1.807, 2.05) is 0 Å². The third kappa shape index (κ3) is 10.4. The molecule has 20 heavy (non-hydrogen) atoms. The van der Waals surface area contributed by atoms with Crippen molar-refractivity contribution in [3.63, 3.8) is 0 Å². The molecule has 2 rings (SSSR count). The summed E-state index contributed by atoms with van der Waals surface area (Å²) in [7, 11) is 0. The van der Waals surface area contributed by atoms with Crippen molar-refractivity contribution < 1.29 is 53.0 Å². The quantitative estimate of drug-likeness (QED) is 0.342. The van der Waals surface area contributed by atoms with Crippen LogP contribution < -0.4 is 34.0 Å². The molecule has 2 fully saturated rings. The van der Waals surface area contributed by atoms with Gasteiger partial charge in [0, 0.05) is 6.42 Å². The zero-order chi connectivity index (χ0) is 12.7. The number of carbonyl (C=O) groups is 2. The fourth-order valence-electron chi connectivity index (χ4n) is 1.95. The molecule has 2 aliphatic heterocycles. The zero-order valence-electron chi connectivity index (χ0n) is 12.2. The summed E-state index contributed by atoms with van der Waals surface area (Å²) in [6.45, 7) is 4.19. The number of hydrogen-bond acceptors (Lipinski definition) is 4. The molecule has 0 aromatic heterocycles. The normalized spacial score (nSPS) is 22.5. The molecule has 0 aromatic carbocycles. The average Bonchev–Trinajstić information content (AvgIpc) is 2.64. The fourth-order valence-corrected chi connectivity index (χ4v) is 1.95. The van der Waals surface area contributed by atoms with Crippen molar-refractivity contribution >= 4 is 35.0 Å².